The highest BCUT2D eigenvalue weighted by Crippen LogP contribution is 2.31. The van der Waals surface area contributed by atoms with Crippen LogP contribution in [0.25, 0.3) is 22.8 Å². The first-order valence-corrected chi connectivity index (χ1v) is 10.9. The Bertz CT molecular complexity index is 1120. The average molecular weight is 450 g/mol. The standard InChI is InChI=1S/C18H17F2N7OS2/c1-10-3-5-11(6-4-10)15-21-17(24-22-15)29-7-8-30-18-25-23-16(28-18)12-9-27(2)26-13(12)14(19)20/h3-6,9,14H,7-8H2,1-2H3,(H,21,22,24). The first kappa shape index (κ1) is 20.5. The fourth-order valence-electron chi connectivity index (χ4n) is 2.62. The van der Waals surface area contributed by atoms with Crippen LogP contribution in [0.4, 0.5) is 8.78 Å². The van der Waals surface area contributed by atoms with Crippen LogP contribution in [-0.2, 0) is 7.05 Å². The van der Waals surface area contributed by atoms with Crippen LogP contribution >= 0.6 is 23.5 Å². The molecule has 4 rings (SSSR count). The summed E-state index contributed by atoms with van der Waals surface area (Å²) in [7, 11) is 1.56. The van der Waals surface area contributed by atoms with Crippen molar-refractivity contribution in [1.82, 2.24) is 35.2 Å². The van der Waals surface area contributed by atoms with Gasteiger partial charge in [-0.3, -0.25) is 9.78 Å². The van der Waals surface area contributed by atoms with Crippen molar-refractivity contribution in [3.8, 4) is 22.8 Å². The Morgan fingerprint density at radius 2 is 1.90 bits per heavy atom. The van der Waals surface area contributed by atoms with Crippen LogP contribution in [0.3, 0.4) is 0 Å². The van der Waals surface area contributed by atoms with E-state index in [-0.39, 0.29) is 17.1 Å². The molecule has 156 valence electrons. The molecular formula is C18H17F2N7OS2. The van der Waals surface area contributed by atoms with E-state index in [1.165, 1.54) is 40.0 Å². The van der Waals surface area contributed by atoms with Crippen molar-refractivity contribution in [1.29, 1.82) is 0 Å². The number of benzene rings is 1. The molecule has 1 aromatic carbocycles. The van der Waals surface area contributed by atoms with Gasteiger partial charge in [0.05, 0.1) is 5.56 Å². The Labute approximate surface area is 178 Å². The number of nitrogens with one attached hydrogen (secondary N) is 1. The topological polar surface area (TPSA) is 98.3 Å². The average Bonchev–Trinajstić information content (AvgIpc) is 3.45. The molecule has 0 saturated carbocycles. The lowest BCUT2D eigenvalue weighted by Crippen LogP contribution is -1.91. The van der Waals surface area contributed by atoms with Crippen molar-refractivity contribution in [2.45, 2.75) is 23.7 Å². The van der Waals surface area contributed by atoms with Gasteiger partial charge in [-0.25, -0.2) is 13.8 Å². The summed E-state index contributed by atoms with van der Waals surface area (Å²) >= 11 is 2.83. The summed E-state index contributed by atoms with van der Waals surface area (Å²) in [6, 6.07) is 8.04. The van der Waals surface area contributed by atoms with Crippen LogP contribution in [0, 0.1) is 6.92 Å². The first-order valence-electron chi connectivity index (χ1n) is 8.90. The van der Waals surface area contributed by atoms with E-state index in [0.717, 1.165) is 11.4 Å². The molecular weight excluding hydrogens is 432 g/mol. The lowest BCUT2D eigenvalue weighted by molar-refractivity contribution is 0.145. The predicted molar refractivity (Wildman–Crippen MR) is 109 cm³/mol. The van der Waals surface area contributed by atoms with Crippen LogP contribution < -0.4 is 0 Å². The molecule has 30 heavy (non-hydrogen) atoms. The highest BCUT2D eigenvalue weighted by atomic mass is 32.2. The molecule has 4 aromatic rings. The third-order valence-corrected chi connectivity index (χ3v) is 5.96. The number of thioether (sulfide) groups is 2. The second-order valence-corrected chi connectivity index (χ2v) is 8.41. The van der Waals surface area contributed by atoms with Crippen LogP contribution in [0.2, 0.25) is 0 Å². The molecule has 8 nitrogen and oxygen atoms in total. The summed E-state index contributed by atoms with van der Waals surface area (Å²) in [5, 5.41) is 19.6. The molecule has 0 radical (unpaired) electrons. The third kappa shape index (κ3) is 4.70. The maximum absolute atomic E-state index is 13.1. The highest BCUT2D eigenvalue weighted by molar-refractivity contribution is 8.02. The molecule has 0 aliphatic heterocycles. The largest absolute Gasteiger partial charge is 0.411 e. The number of halogens is 2. The molecule has 0 unspecified atom stereocenters. The second-order valence-electron chi connectivity index (χ2n) is 6.31. The summed E-state index contributed by atoms with van der Waals surface area (Å²) in [6.45, 7) is 2.03. The van der Waals surface area contributed by atoms with E-state index in [4.69, 9.17) is 4.42 Å². The van der Waals surface area contributed by atoms with Crippen molar-refractivity contribution in [3.63, 3.8) is 0 Å². The van der Waals surface area contributed by atoms with Gasteiger partial charge in [0.25, 0.3) is 17.5 Å². The van der Waals surface area contributed by atoms with Crippen molar-refractivity contribution in [3.05, 3.63) is 41.7 Å². The number of hydrogen-bond acceptors (Lipinski definition) is 8. The number of rotatable bonds is 8. The lowest BCUT2D eigenvalue weighted by Gasteiger charge is -1.97. The Morgan fingerprint density at radius 1 is 1.13 bits per heavy atom. The molecule has 0 aliphatic carbocycles. The fourth-order valence-corrected chi connectivity index (χ4v) is 4.15. The second kappa shape index (κ2) is 8.96. The fraction of sp³-hybridized carbons (Fsp3) is 0.278. The van der Waals surface area contributed by atoms with Gasteiger partial charge in [-0.1, -0.05) is 53.4 Å². The van der Waals surface area contributed by atoms with E-state index in [0.29, 0.717) is 21.9 Å². The molecule has 1 N–H and O–H groups in total. The van der Waals surface area contributed by atoms with Crippen LogP contribution in [0.15, 0.2) is 45.3 Å². The molecule has 12 heteroatoms. The lowest BCUT2D eigenvalue weighted by atomic mass is 10.1. The number of aromatic nitrogens is 7. The van der Waals surface area contributed by atoms with Gasteiger partial charge in [0.15, 0.2) is 5.82 Å². The van der Waals surface area contributed by atoms with E-state index in [9.17, 15) is 8.78 Å². The molecule has 0 bridgehead atoms. The van der Waals surface area contributed by atoms with Crippen molar-refractivity contribution in [2.75, 3.05) is 11.5 Å². The molecule has 0 amide bonds. The summed E-state index contributed by atoms with van der Waals surface area (Å²) in [6.07, 6.45) is -1.28. The van der Waals surface area contributed by atoms with E-state index in [2.05, 4.69) is 30.5 Å². The maximum Gasteiger partial charge on any atom is 0.282 e. The van der Waals surface area contributed by atoms with E-state index in [1.54, 1.807) is 7.05 Å². The van der Waals surface area contributed by atoms with Crippen molar-refractivity contribution in [2.24, 2.45) is 7.05 Å². The minimum atomic E-state index is -2.72. The Hall–Kier alpha value is -2.73. The molecule has 0 saturated heterocycles. The minimum Gasteiger partial charge on any atom is -0.411 e. The van der Waals surface area contributed by atoms with E-state index in [1.807, 2.05) is 31.2 Å². The Morgan fingerprint density at radius 3 is 2.67 bits per heavy atom. The zero-order valence-electron chi connectivity index (χ0n) is 16.0. The van der Waals surface area contributed by atoms with Gasteiger partial charge in [0, 0.05) is 30.3 Å². The van der Waals surface area contributed by atoms with Gasteiger partial charge in [0.2, 0.25) is 5.16 Å². The normalized spacial score (nSPS) is 11.5. The van der Waals surface area contributed by atoms with Crippen molar-refractivity contribution >= 4 is 23.5 Å². The zero-order valence-corrected chi connectivity index (χ0v) is 17.7. The maximum atomic E-state index is 13.1. The molecule has 3 heterocycles. The number of aromatic amines is 1. The van der Waals surface area contributed by atoms with Crippen molar-refractivity contribution < 1.29 is 13.2 Å². The molecule has 0 atom stereocenters. The van der Waals surface area contributed by atoms with Crippen LogP contribution in [-0.4, -0.2) is 46.7 Å². The summed E-state index contributed by atoms with van der Waals surface area (Å²) < 4.78 is 33.0. The summed E-state index contributed by atoms with van der Waals surface area (Å²) in [5.41, 5.74) is 1.93. The van der Waals surface area contributed by atoms with Gasteiger partial charge < -0.3 is 4.42 Å². The molecule has 3 aromatic heterocycles. The monoisotopic (exact) mass is 449 g/mol. The predicted octanol–water partition coefficient (Wildman–Crippen LogP) is 4.39. The Kier molecular flexibility index (Phi) is 6.13. The summed E-state index contributed by atoms with van der Waals surface area (Å²) in [4.78, 5) is 4.48. The van der Waals surface area contributed by atoms with E-state index >= 15 is 0 Å². The number of hydrogen-bond donors (Lipinski definition) is 1. The van der Waals surface area contributed by atoms with Gasteiger partial charge >= 0.3 is 0 Å². The third-order valence-electron chi connectivity index (χ3n) is 4.03. The smallest absolute Gasteiger partial charge is 0.282 e. The van der Waals surface area contributed by atoms with Crippen LogP contribution in [0.5, 0.6) is 0 Å². The molecule has 0 fully saturated rings. The van der Waals surface area contributed by atoms with Gasteiger partial charge in [-0.15, -0.1) is 15.3 Å². The first-order chi connectivity index (χ1) is 14.5. The minimum absolute atomic E-state index is 0.0326. The number of nitrogens with zero attached hydrogens (tertiary/aromatic N) is 6. The SMILES string of the molecule is Cc1ccc(-c2nc(SCCSc3nnc(-c4cn(C)nc4C(F)F)o3)n[nH]2)cc1. The number of H-pyrrole nitrogens is 1. The van der Waals surface area contributed by atoms with Gasteiger partial charge in [0.1, 0.15) is 5.69 Å². The number of aryl methyl sites for hydroxylation is 2. The Balaban J connectivity index is 1.30. The van der Waals surface area contributed by atoms with Crippen LogP contribution in [0.1, 0.15) is 17.7 Å². The highest BCUT2D eigenvalue weighted by Gasteiger charge is 2.22. The summed E-state index contributed by atoms with van der Waals surface area (Å²) in [5.74, 6) is 2.13. The van der Waals surface area contributed by atoms with E-state index < -0.39 is 6.43 Å². The quantitative estimate of drug-likeness (QED) is 0.312. The molecule has 0 aliphatic rings. The van der Waals surface area contributed by atoms with Gasteiger partial charge in [-0.2, -0.15) is 5.10 Å². The number of alkyl halides is 2. The molecule has 0 spiro atoms. The van der Waals surface area contributed by atoms with Gasteiger partial charge in [-0.05, 0) is 6.92 Å². The zero-order chi connectivity index (χ0) is 21.1.